The molecule has 0 spiro atoms. The van der Waals surface area contributed by atoms with Crippen LogP contribution < -0.4 is 0 Å². The van der Waals surface area contributed by atoms with E-state index in [-0.39, 0.29) is 0 Å². The zero-order valence-corrected chi connectivity index (χ0v) is 79.4. The van der Waals surface area contributed by atoms with Crippen molar-refractivity contribution < 1.29 is 0 Å². The van der Waals surface area contributed by atoms with E-state index in [9.17, 15) is 0 Å². The Morgan fingerprint density at radius 3 is 0.664 bits per heavy atom. The van der Waals surface area contributed by atoms with Crippen LogP contribution in [0.25, 0.3) is 267 Å². The van der Waals surface area contributed by atoms with Crippen LogP contribution in [0.2, 0.25) is 0 Å². The molecule has 0 amide bonds. The Bertz CT molecular complexity index is 9450. The van der Waals surface area contributed by atoms with E-state index in [0.29, 0.717) is 11.6 Å². The van der Waals surface area contributed by atoms with Gasteiger partial charge in [0.25, 0.3) is 0 Å². The van der Waals surface area contributed by atoms with E-state index < -0.39 is 0 Å². The second kappa shape index (κ2) is 39.2. The smallest absolute Gasteiger partial charge is 0.160 e. The molecule has 0 fully saturated rings. The quantitative estimate of drug-likeness (QED) is 0.0872. The maximum absolute atomic E-state index is 5.28. The summed E-state index contributed by atoms with van der Waals surface area (Å²) < 4.78 is 0. The molecule has 9 nitrogen and oxygen atoms in total. The van der Waals surface area contributed by atoms with Gasteiger partial charge in [-0.2, -0.15) is 0 Å². The van der Waals surface area contributed by atoms with Crippen molar-refractivity contribution >= 4 is 86.8 Å². The number of pyridine rings is 5. The lowest BCUT2D eigenvalue weighted by molar-refractivity contribution is 1.18. The fraction of sp³-hybridized carbons (Fsp3) is 0. The molecule has 0 aliphatic carbocycles. The van der Waals surface area contributed by atoms with Crippen molar-refractivity contribution in [2.75, 3.05) is 0 Å². The van der Waals surface area contributed by atoms with Crippen LogP contribution in [0.1, 0.15) is 0 Å². The predicted octanol–water partition coefficient (Wildman–Crippen LogP) is 35.5. The molecule has 682 valence electrons. The van der Waals surface area contributed by atoms with Crippen molar-refractivity contribution in [3.8, 4) is 180 Å². The van der Waals surface area contributed by atoms with Gasteiger partial charge in [0.1, 0.15) is 0 Å². The molecule has 7 aromatic heterocycles. The Morgan fingerprint density at radius 1 is 0.110 bits per heavy atom. The first-order valence-electron chi connectivity index (χ1n) is 49.3. The van der Waals surface area contributed by atoms with Crippen LogP contribution in [-0.2, 0) is 0 Å². The molecule has 27 aromatic rings. The molecule has 0 unspecified atom stereocenters. The van der Waals surface area contributed by atoms with E-state index in [4.69, 9.17) is 44.9 Å². The fourth-order valence-corrected chi connectivity index (χ4v) is 20.1. The van der Waals surface area contributed by atoms with Crippen molar-refractivity contribution in [3.05, 3.63) is 540 Å². The molecule has 0 saturated carbocycles. The van der Waals surface area contributed by atoms with E-state index in [1.807, 2.05) is 72.8 Å². The van der Waals surface area contributed by atoms with Gasteiger partial charge in [0, 0.05) is 88.1 Å². The van der Waals surface area contributed by atoms with Crippen LogP contribution in [0.3, 0.4) is 0 Å². The van der Waals surface area contributed by atoms with Gasteiger partial charge in [0.15, 0.2) is 11.6 Å². The molecule has 7 heterocycles. The van der Waals surface area contributed by atoms with Gasteiger partial charge in [-0.05, 0) is 161 Å². The lowest BCUT2D eigenvalue weighted by atomic mass is 9.93. The molecule has 0 N–H and O–H groups in total. The topological polar surface area (TPSA) is 116 Å². The highest BCUT2D eigenvalue weighted by Gasteiger charge is 2.23. The van der Waals surface area contributed by atoms with Crippen LogP contribution in [0.4, 0.5) is 0 Å². The summed E-state index contributed by atoms with van der Waals surface area (Å²) in [6.07, 6.45) is 0. The van der Waals surface area contributed by atoms with Crippen molar-refractivity contribution in [2.24, 2.45) is 0 Å². The summed E-state index contributed by atoms with van der Waals surface area (Å²) in [5.41, 5.74) is 36.1. The molecule has 0 radical (unpaired) electrons. The lowest BCUT2D eigenvalue weighted by Crippen LogP contribution is -1.96. The van der Waals surface area contributed by atoms with Gasteiger partial charge in [-0.3, -0.25) is 0 Å². The standard InChI is InChI=1S/C49H31N3.C47H31N3.C41H27N3/c1-4-12-32(13-5-1)42-31-46(50-45-28-24-33-14-10-11-19-39(33)47(42)45)37-22-20-34(21-23-37)41-30-38-25-27-43(35-15-6-2-7-16-35)51-48(38)49-40(41)26-29-44(52-49)36-17-8-3-9-18-36;1-4-12-32(13-5-1)33-20-22-38(23-21-33)45-31-44(36-17-8-3-9-18-36)49-47(50-45)39-26-24-37(25-27-39)43-30-41(34-14-6-2-7-15-34)46-40-19-11-10-16-35(40)28-29-42(46)48-43;1-4-12-28(13-5-1)35-26-37(42-36-25-24-29-14-10-11-19-34(29)40(35)36)32-20-22-33(23-21-32)41-43-38(30-15-6-2-7-16-30)27-39(44-41)31-17-8-3-9-18-31/h1-31H;1-31H;1-27H. The largest absolute Gasteiger partial charge is 0.248 e. The zero-order valence-electron chi connectivity index (χ0n) is 79.4. The summed E-state index contributed by atoms with van der Waals surface area (Å²) in [4.78, 5) is 46.2. The Morgan fingerprint density at radius 2 is 0.336 bits per heavy atom. The normalized spacial score (nSPS) is 11.3. The highest BCUT2D eigenvalue weighted by Crippen LogP contribution is 2.45. The van der Waals surface area contributed by atoms with Crippen molar-refractivity contribution in [2.45, 2.75) is 0 Å². The maximum Gasteiger partial charge on any atom is 0.160 e. The second-order valence-electron chi connectivity index (χ2n) is 36.5. The number of hydrogen-bond acceptors (Lipinski definition) is 9. The molecule has 9 heteroatoms. The minimum Gasteiger partial charge on any atom is -0.248 e. The van der Waals surface area contributed by atoms with Crippen LogP contribution in [-0.4, -0.2) is 44.9 Å². The van der Waals surface area contributed by atoms with Gasteiger partial charge in [-0.25, -0.2) is 44.9 Å². The summed E-state index contributed by atoms with van der Waals surface area (Å²) in [6.45, 7) is 0. The average Bonchev–Trinajstić information content (AvgIpc) is 0.758. The third kappa shape index (κ3) is 17.8. The average molecular weight is 1860 g/mol. The lowest BCUT2D eigenvalue weighted by Gasteiger charge is -2.14. The molecule has 0 atom stereocenters. The minimum absolute atomic E-state index is 0.683. The van der Waals surface area contributed by atoms with Crippen LogP contribution in [0.5, 0.6) is 0 Å². The van der Waals surface area contributed by atoms with E-state index in [1.165, 1.54) is 93.0 Å². The summed E-state index contributed by atoms with van der Waals surface area (Å²) in [5.74, 6) is 1.38. The number of benzene rings is 20. The van der Waals surface area contributed by atoms with Gasteiger partial charge in [0.2, 0.25) is 0 Å². The first-order valence-corrected chi connectivity index (χ1v) is 49.3. The van der Waals surface area contributed by atoms with Crippen LogP contribution in [0.15, 0.2) is 540 Å². The zero-order chi connectivity index (χ0) is 97.0. The van der Waals surface area contributed by atoms with Crippen LogP contribution in [0, 0.1) is 0 Å². The van der Waals surface area contributed by atoms with Gasteiger partial charge >= 0.3 is 0 Å². The summed E-state index contributed by atoms with van der Waals surface area (Å²) >= 11 is 0. The predicted molar refractivity (Wildman–Crippen MR) is 607 cm³/mol. The molecule has 0 bridgehead atoms. The number of nitrogens with zero attached hydrogens (tertiary/aromatic N) is 9. The third-order valence-electron chi connectivity index (χ3n) is 27.4. The first kappa shape index (κ1) is 87.9. The third-order valence-corrected chi connectivity index (χ3v) is 27.4. The van der Waals surface area contributed by atoms with Gasteiger partial charge in [-0.15, -0.1) is 0 Å². The van der Waals surface area contributed by atoms with E-state index >= 15 is 0 Å². The van der Waals surface area contributed by atoms with Crippen LogP contribution >= 0.6 is 0 Å². The van der Waals surface area contributed by atoms with Gasteiger partial charge < -0.3 is 0 Å². The van der Waals surface area contributed by atoms with Gasteiger partial charge in [0.05, 0.1) is 78.8 Å². The second-order valence-corrected chi connectivity index (χ2v) is 36.5. The highest BCUT2D eigenvalue weighted by atomic mass is 14.9. The Hall–Kier alpha value is -19.6. The van der Waals surface area contributed by atoms with Crippen molar-refractivity contribution in [1.29, 1.82) is 0 Å². The number of rotatable bonds is 16. The van der Waals surface area contributed by atoms with E-state index in [2.05, 4.69) is 467 Å². The monoisotopic (exact) mass is 1860 g/mol. The Balaban J connectivity index is 0.000000115. The Labute approximate surface area is 845 Å². The summed E-state index contributed by atoms with van der Waals surface area (Å²) in [5, 5.41) is 12.9. The summed E-state index contributed by atoms with van der Waals surface area (Å²) in [6, 6.07) is 188. The summed E-state index contributed by atoms with van der Waals surface area (Å²) in [7, 11) is 0. The number of fused-ring (bicyclic) bond motifs is 12. The molecule has 0 saturated heterocycles. The van der Waals surface area contributed by atoms with Crippen molar-refractivity contribution in [3.63, 3.8) is 0 Å². The van der Waals surface area contributed by atoms with Gasteiger partial charge in [-0.1, -0.05) is 467 Å². The number of aromatic nitrogens is 9. The molecule has 27 rings (SSSR count). The fourth-order valence-electron chi connectivity index (χ4n) is 20.1. The Kier molecular flexibility index (Phi) is 23.6. The van der Waals surface area contributed by atoms with Crippen molar-refractivity contribution in [1.82, 2.24) is 44.9 Å². The molecule has 0 aliphatic heterocycles. The van der Waals surface area contributed by atoms with E-state index in [1.54, 1.807) is 0 Å². The molecular formula is C137H89N9. The first-order chi connectivity index (χ1) is 72.3. The molecular weight excluding hydrogens is 1770 g/mol. The number of hydrogen-bond donors (Lipinski definition) is 0. The van der Waals surface area contributed by atoms with E-state index in [0.717, 1.165) is 162 Å². The SMILES string of the molecule is c1ccc(-c2cc(-c3ccccc3)nc(-c3ccc(-c4cc(-c5ccccc5)c5c(ccc6ccccc65)n4)cc3)n2)cc1.c1ccc(-c2ccc(-c3cc(-c4ccccc4)nc(-c4ccc(-c5cc(-c6ccccc6)c6c(ccc7ccccc76)n5)cc4)n3)cc2)cc1.c1ccc(-c2ccc3cc(-c4ccc(-c5cc(-c6ccccc6)c6c(ccc7ccccc76)n5)cc4)c4ccc(-c5ccccc5)nc4c3n2)cc1. The molecule has 0 aliphatic rings. The molecule has 20 aromatic carbocycles. The molecule has 146 heavy (non-hydrogen) atoms. The maximum atomic E-state index is 5.28. The highest BCUT2D eigenvalue weighted by molar-refractivity contribution is 6.17. The minimum atomic E-state index is 0.683.